The summed E-state index contributed by atoms with van der Waals surface area (Å²) in [5, 5.41) is 2.68. The third-order valence-corrected chi connectivity index (χ3v) is 2.41. The zero-order chi connectivity index (χ0) is 14.8. The molecule has 0 fully saturated rings. The van der Waals surface area contributed by atoms with E-state index in [0.29, 0.717) is 5.69 Å². The molecular formula is C12H12F3N5. The number of hydrogen-bond donors (Lipinski definition) is 1. The number of pyridine rings is 1. The first kappa shape index (κ1) is 14.0. The van der Waals surface area contributed by atoms with E-state index in [1.54, 1.807) is 12.1 Å². The molecule has 8 heteroatoms. The van der Waals surface area contributed by atoms with Crippen LogP contribution >= 0.6 is 0 Å². The standard InChI is InChI=1S/C12H12F3N5/c1-20(2)10-4-3-8(7-17-10)18-11-16-6-5-9(19-11)12(13,14)15/h3-7H,1-2H3,(H,16,18,19). The van der Waals surface area contributed by atoms with E-state index in [-0.39, 0.29) is 5.95 Å². The van der Waals surface area contributed by atoms with Crippen molar-refractivity contribution < 1.29 is 13.2 Å². The number of rotatable bonds is 3. The van der Waals surface area contributed by atoms with Crippen molar-refractivity contribution >= 4 is 17.5 Å². The number of aromatic nitrogens is 3. The zero-order valence-electron chi connectivity index (χ0n) is 10.8. The van der Waals surface area contributed by atoms with Gasteiger partial charge in [-0.3, -0.25) is 0 Å². The van der Waals surface area contributed by atoms with Crippen molar-refractivity contribution in [3.8, 4) is 0 Å². The Kier molecular flexibility index (Phi) is 3.73. The molecule has 0 bridgehead atoms. The van der Waals surface area contributed by atoms with Gasteiger partial charge >= 0.3 is 6.18 Å². The molecule has 1 N–H and O–H groups in total. The van der Waals surface area contributed by atoms with Gasteiger partial charge in [0.1, 0.15) is 11.5 Å². The van der Waals surface area contributed by atoms with Gasteiger partial charge in [0.15, 0.2) is 0 Å². The fraction of sp³-hybridized carbons (Fsp3) is 0.250. The minimum atomic E-state index is -4.49. The topological polar surface area (TPSA) is 53.9 Å². The van der Waals surface area contributed by atoms with Crippen LogP contribution in [0.4, 0.5) is 30.6 Å². The highest BCUT2D eigenvalue weighted by Gasteiger charge is 2.32. The SMILES string of the molecule is CN(C)c1ccc(Nc2nccc(C(F)(F)F)n2)cn1. The smallest absolute Gasteiger partial charge is 0.363 e. The van der Waals surface area contributed by atoms with E-state index < -0.39 is 11.9 Å². The lowest BCUT2D eigenvalue weighted by molar-refractivity contribution is -0.141. The summed E-state index contributed by atoms with van der Waals surface area (Å²) in [6.45, 7) is 0. The van der Waals surface area contributed by atoms with Crippen molar-refractivity contribution in [2.24, 2.45) is 0 Å². The molecule has 2 aromatic rings. The zero-order valence-corrected chi connectivity index (χ0v) is 10.8. The van der Waals surface area contributed by atoms with Crippen LogP contribution in [0.2, 0.25) is 0 Å². The first-order valence-corrected chi connectivity index (χ1v) is 5.67. The first-order valence-electron chi connectivity index (χ1n) is 5.67. The average Bonchev–Trinajstić information content (AvgIpc) is 2.38. The highest BCUT2D eigenvalue weighted by molar-refractivity contribution is 5.54. The second kappa shape index (κ2) is 5.32. The predicted molar refractivity (Wildman–Crippen MR) is 68.9 cm³/mol. The summed E-state index contributed by atoms with van der Waals surface area (Å²) in [7, 11) is 3.68. The summed E-state index contributed by atoms with van der Waals surface area (Å²) in [6, 6.07) is 4.24. The maximum atomic E-state index is 12.5. The summed E-state index contributed by atoms with van der Waals surface area (Å²) < 4.78 is 37.5. The van der Waals surface area contributed by atoms with E-state index in [9.17, 15) is 13.2 Å². The summed E-state index contributed by atoms with van der Waals surface area (Å²) in [4.78, 5) is 13.1. The molecule has 0 aliphatic heterocycles. The predicted octanol–water partition coefficient (Wildman–Crippen LogP) is 2.70. The summed E-state index contributed by atoms with van der Waals surface area (Å²) in [6.07, 6.45) is -1.94. The lowest BCUT2D eigenvalue weighted by Gasteiger charge is -2.12. The number of hydrogen-bond acceptors (Lipinski definition) is 5. The van der Waals surface area contributed by atoms with Crippen LogP contribution in [0.3, 0.4) is 0 Å². The van der Waals surface area contributed by atoms with Crippen molar-refractivity contribution in [3.63, 3.8) is 0 Å². The van der Waals surface area contributed by atoms with Crippen LogP contribution in [0.25, 0.3) is 0 Å². The minimum absolute atomic E-state index is 0.126. The van der Waals surface area contributed by atoms with Gasteiger partial charge in [0.25, 0.3) is 0 Å². The van der Waals surface area contributed by atoms with Crippen LogP contribution in [0.1, 0.15) is 5.69 Å². The molecule has 20 heavy (non-hydrogen) atoms. The van der Waals surface area contributed by atoms with E-state index in [2.05, 4.69) is 20.3 Å². The Bertz CT molecular complexity index is 580. The van der Waals surface area contributed by atoms with E-state index in [4.69, 9.17) is 0 Å². The molecule has 0 atom stereocenters. The molecule has 2 aromatic heterocycles. The number of anilines is 3. The Morgan fingerprint density at radius 3 is 2.40 bits per heavy atom. The van der Waals surface area contributed by atoms with Crippen molar-refractivity contribution in [3.05, 3.63) is 36.3 Å². The van der Waals surface area contributed by atoms with Crippen LogP contribution in [-0.2, 0) is 6.18 Å². The molecule has 2 rings (SSSR count). The van der Waals surface area contributed by atoms with Gasteiger partial charge in [0.05, 0.1) is 11.9 Å². The van der Waals surface area contributed by atoms with Gasteiger partial charge in [-0.25, -0.2) is 15.0 Å². The summed E-state index contributed by atoms with van der Waals surface area (Å²) in [5.41, 5.74) is -0.484. The molecule has 0 radical (unpaired) electrons. The first-order chi connectivity index (χ1) is 9.36. The number of nitrogens with one attached hydrogen (secondary N) is 1. The maximum Gasteiger partial charge on any atom is 0.433 e. The number of alkyl halides is 3. The van der Waals surface area contributed by atoms with Crippen molar-refractivity contribution in [1.82, 2.24) is 15.0 Å². The van der Waals surface area contributed by atoms with E-state index in [1.807, 2.05) is 19.0 Å². The van der Waals surface area contributed by atoms with Crippen LogP contribution in [0, 0.1) is 0 Å². The monoisotopic (exact) mass is 283 g/mol. The lowest BCUT2D eigenvalue weighted by Crippen LogP contribution is -2.11. The Labute approximate surface area is 113 Å². The Balaban J connectivity index is 2.18. The van der Waals surface area contributed by atoms with E-state index in [1.165, 1.54) is 6.20 Å². The second-order valence-electron chi connectivity index (χ2n) is 4.19. The van der Waals surface area contributed by atoms with Crippen molar-refractivity contribution in [2.45, 2.75) is 6.18 Å². The Morgan fingerprint density at radius 1 is 1.10 bits per heavy atom. The molecule has 0 aromatic carbocycles. The van der Waals surface area contributed by atoms with E-state index >= 15 is 0 Å². The molecule has 0 saturated heterocycles. The third kappa shape index (κ3) is 3.34. The maximum absolute atomic E-state index is 12.5. The third-order valence-electron chi connectivity index (χ3n) is 2.41. The summed E-state index contributed by atoms with van der Waals surface area (Å²) in [5.74, 6) is 0.611. The summed E-state index contributed by atoms with van der Waals surface area (Å²) >= 11 is 0. The van der Waals surface area contributed by atoms with Gasteiger partial charge in [-0.2, -0.15) is 13.2 Å². The molecule has 0 unspecified atom stereocenters. The Morgan fingerprint density at radius 2 is 1.85 bits per heavy atom. The molecule has 106 valence electrons. The van der Waals surface area contributed by atoms with Crippen LogP contribution in [0.15, 0.2) is 30.6 Å². The minimum Gasteiger partial charge on any atom is -0.363 e. The molecule has 0 saturated carbocycles. The normalized spacial score (nSPS) is 11.2. The molecule has 0 amide bonds. The highest BCUT2D eigenvalue weighted by atomic mass is 19.4. The molecule has 0 aliphatic rings. The van der Waals surface area contributed by atoms with Gasteiger partial charge in [-0.05, 0) is 18.2 Å². The highest BCUT2D eigenvalue weighted by Crippen LogP contribution is 2.28. The largest absolute Gasteiger partial charge is 0.433 e. The van der Waals surface area contributed by atoms with Gasteiger partial charge in [0, 0.05) is 20.3 Å². The Hall–Kier alpha value is -2.38. The fourth-order valence-corrected chi connectivity index (χ4v) is 1.43. The van der Waals surface area contributed by atoms with Gasteiger partial charge in [0.2, 0.25) is 5.95 Å². The molecule has 5 nitrogen and oxygen atoms in total. The van der Waals surface area contributed by atoms with Crippen LogP contribution < -0.4 is 10.2 Å². The number of halogens is 3. The molecule has 0 aliphatic carbocycles. The van der Waals surface area contributed by atoms with Gasteiger partial charge in [-0.1, -0.05) is 0 Å². The van der Waals surface area contributed by atoms with Gasteiger partial charge in [-0.15, -0.1) is 0 Å². The van der Waals surface area contributed by atoms with Crippen LogP contribution in [-0.4, -0.2) is 29.0 Å². The van der Waals surface area contributed by atoms with Crippen LogP contribution in [0.5, 0.6) is 0 Å². The molecule has 0 spiro atoms. The lowest BCUT2D eigenvalue weighted by atomic mass is 10.4. The fourth-order valence-electron chi connectivity index (χ4n) is 1.43. The molecule has 2 heterocycles. The van der Waals surface area contributed by atoms with Gasteiger partial charge < -0.3 is 10.2 Å². The molecular weight excluding hydrogens is 271 g/mol. The van der Waals surface area contributed by atoms with Crippen molar-refractivity contribution in [1.29, 1.82) is 0 Å². The average molecular weight is 283 g/mol. The van der Waals surface area contributed by atoms with E-state index in [0.717, 1.165) is 18.1 Å². The quantitative estimate of drug-likeness (QED) is 0.938. The second-order valence-corrected chi connectivity index (χ2v) is 4.19. The van der Waals surface area contributed by atoms with Crippen molar-refractivity contribution in [2.75, 3.05) is 24.3 Å². The number of nitrogens with zero attached hydrogens (tertiary/aromatic N) is 4.